The lowest BCUT2D eigenvalue weighted by molar-refractivity contribution is 0.203. The van der Waals surface area contributed by atoms with E-state index in [1.54, 1.807) is 0 Å². The largest absolute Gasteiger partial charge is 0.304 e. The Morgan fingerprint density at radius 2 is 2.00 bits per heavy atom. The van der Waals surface area contributed by atoms with Crippen molar-refractivity contribution in [1.29, 1.82) is 0 Å². The predicted octanol–water partition coefficient (Wildman–Crippen LogP) is 2.03. The average Bonchev–Trinajstić information content (AvgIpc) is 2.07. The summed E-state index contributed by atoms with van der Waals surface area (Å²) in [6.45, 7) is 8.55. The van der Waals surface area contributed by atoms with Crippen molar-refractivity contribution < 1.29 is 0 Å². The van der Waals surface area contributed by atoms with Gasteiger partial charge in [0.15, 0.2) is 0 Å². The standard InChI is InChI=1S/C9H20NP/c1-3-10-6-4-9(5-7-10)8-11-2/h9,11H,3-8H2,1-2H3. The van der Waals surface area contributed by atoms with E-state index in [-0.39, 0.29) is 0 Å². The normalized spacial score (nSPS) is 23.5. The molecule has 1 fully saturated rings. The molecule has 0 amide bonds. The van der Waals surface area contributed by atoms with Gasteiger partial charge in [0.25, 0.3) is 0 Å². The summed E-state index contributed by atoms with van der Waals surface area (Å²) in [5.41, 5.74) is 0. The SMILES string of the molecule is CCN1CCC(CPC)CC1. The average molecular weight is 173 g/mol. The zero-order valence-electron chi connectivity index (χ0n) is 7.77. The first-order valence-corrected chi connectivity index (χ1v) is 6.44. The number of likely N-dealkylation sites (tertiary alicyclic amines) is 1. The van der Waals surface area contributed by atoms with Crippen LogP contribution in [0.1, 0.15) is 19.8 Å². The second kappa shape index (κ2) is 5.11. The lowest BCUT2D eigenvalue weighted by atomic mass is 9.99. The van der Waals surface area contributed by atoms with Gasteiger partial charge in [0.1, 0.15) is 0 Å². The van der Waals surface area contributed by atoms with Gasteiger partial charge in [0.2, 0.25) is 0 Å². The van der Waals surface area contributed by atoms with Crippen LogP contribution in [-0.2, 0) is 0 Å². The molecule has 1 aliphatic rings. The van der Waals surface area contributed by atoms with Crippen molar-refractivity contribution >= 4 is 8.58 Å². The van der Waals surface area contributed by atoms with Crippen LogP contribution in [0.5, 0.6) is 0 Å². The lowest BCUT2D eigenvalue weighted by Crippen LogP contribution is -2.33. The van der Waals surface area contributed by atoms with Gasteiger partial charge >= 0.3 is 0 Å². The van der Waals surface area contributed by atoms with Crippen molar-refractivity contribution in [3.8, 4) is 0 Å². The van der Waals surface area contributed by atoms with Crippen LogP contribution in [0.4, 0.5) is 0 Å². The van der Waals surface area contributed by atoms with Gasteiger partial charge in [0, 0.05) is 0 Å². The number of hydrogen-bond donors (Lipinski definition) is 0. The molecule has 1 nitrogen and oxygen atoms in total. The molecule has 1 aliphatic heterocycles. The summed E-state index contributed by atoms with van der Waals surface area (Å²) in [6, 6.07) is 0. The summed E-state index contributed by atoms with van der Waals surface area (Å²) in [7, 11) is 1.16. The van der Waals surface area contributed by atoms with Gasteiger partial charge in [-0.2, -0.15) is 0 Å². The highest BCUT2D eigenvalue weighted by atomic mass is 31.1. The minimum Gasteiger partial charge on any atom is -0.304 e. The zero-order valence-corrected chi connectivity index (χ0v) is 8.77. The van der Waals surface area contributed by atoms with Crippen LogP contribution in [-0.4, -0.2) is 37.4 Å². The van der Waals surface area contributed by atoms with Crippen molar-refractivity contribution in [2.24, 2.45) is 5.92 Å². The summed E-state index contributed by atoms with van der Waals surface area (Å²) in [5.74, 6) is 1.06. The Bertz CT molecular complexity index is 97.7. The maximum absolute atomic E-state index is 2.56. The van der Waals surface area contributed by atoms with Gasteiger partial charge in [-0.1, -0.05) is 6.92 Å². The summed E-state index contributed by atoms with van der Waals surface area (Å²) >= 11 is 0. The number of nitrogens with zero attached hydrogens (tertiary/aromatic N) is 1. The second-order valence-electron chi connectivity index (χ2n) is 3.44. The molecule has 1 rings (SSSR count). The fraction of sp³-hybridized carbons (Fsp3) is 1.00. The van der Waals surface area contributed by atoms with Crippen LogP contribution in [0.15, 0.2) is 0 Å². The quantitative estimate of drug-likeness (QED) is 0.590. The molecule has 0 aliphatic carbocycles. The highest BCUT2D eigenvalue weighted by molar-refractivity contribution is 7.36. The van der Waals surface area contributed by atoms with E-state index in [1.807, 2.05) is 0 Å². The monoisotopic (exact) mass is 173 g/mol. The molecule has 2 heteroatoms. The molecule has 0 saturated carbocycles. The van der Waals surface area contributed by atoms with E-state index >= 15 is 0 Å². The predicted molar refractivity (Wildman–Crippen MR) is 53.9 cm³/mol. The number of piperidine rings is 1. The molecule has 0 aromatic heterocycles. The molecule has 0 spiro atoms. The zero-order chi connectivity index (χ0) is 8.10. The van der Waals surface area contributed by atoms with E-state index in [0.717, 1.165) is 14.5 Å². The first kappa shape index (κ1) is 9.48. The third-order valence-corrected chi connectivity index (χ3v) is 3.63. The van der Waals surface area contributed by atoms with E-state index in [9.17, 15) is 0 Å². The molecule has 11 heavy (non-hydrogen) atoms. The molecule has 0 aromatic rings. The number of rotatable bonds is 3. The molecule has 1 atom stereocenters. The second-order valence-corrected chi connectivity index (χ2v) is 4.55. The van der Waals surface area contributed by atoms with Gasteiger partial charge < -0.3 is 4.90 Å². The Morgan fingerprint density at radius 1 is 1.36 bits per heavy atom. The van der Waals surface area contributed by atoms with Crippen molar-refractivity contribution in [2.45, 2.75) is 19.8 Å². The van der Waals surface area contributed by atoms with E-state index in [0.29, 0.717) is 0 Å². The van der Waals surface area contributed by atoms with Crippen molar-refractivity contribution in [3.63, 3.8) is 0 Å². The Labute approximate surface area is 72.3 Å². The Hall–Kier alpha value is 0.390. The van der Waals surface area contributed by atoms with E-state index < -0.39 is 0 Å². The third-order valence-electron chi connectivity index (χ3n) is 2.65. The topological polar surface area (TPSA) is 3.24 Å². The summed E-state index contributed by atoms with van der Waals surface area (Å²) < 4.78 is 0. The molecule has 0 aromatic carbocycles. The first-order valence-electron chi connectivity index (χ1n) is 4.73. The summed E-state index contributed by atoms with van der Waals surface area (Å²) in [6.07, 6.45) is 4.39. The van der Waals surface area contributed by atoms with E-state index in [4.69, 9.17) is 0 Å². The summed E-state index contributed by atoms with van der Waals surface area (Å²) in [5, 5.41) is 0. The Balaban J connectivity index is 2.14. The van der Waals surface area contributed by atoms with Crippen LogP contribution in [0.25, 0.3) is 0 Å². The Kier molecular flexibility index (Phi) is 4.40. The molecule has 0 radical (unpaired) electrons. The first-order chi connectivity index (χ1) is 5.36. The molecule has 1 heterocycles. The maximum Gasteiger partial charge on any atom is -0.00161 e. The van der Waals surface area contributed by atoms with Crippen molar-refractivity contribution in [2.75, 3.05) is 32.5 Å². The van der Waals surface area contributed by atoms with Crippen LogP contribution in [0, 0.1) is 5.92 Å². The van der Waals surface area contributed by atoms with Crippen molar-refractivity contribution in [3.05, 3.63) is 0 Å². The van der Waals surface area contributed by atoms with Crippen LogP contribution < -0.4 is 0 Å². The van der Waals surface area contributed by atoms with Gasteiger partial charge in [0.05, 0.1) is 0 Å². The van der Waals surface area contributed by atoms with Gasteiger partial charge in [-0.25, -0.2) is 0 Å². The van der Waals surface area contributed by atoms with Crippen LogP contribution in [0.3, 0.4) is 0 Å². The van der Waals surface area contributed by atoms with Gasteiger partial charge in [-0.3, -0.25) is 0 Å². The molecule has 1 unspecified atom stereocenters. The van der Waals surface area contributed by atoms with Crippen LogP contribution in [0.2, 0.25) is 0 Å². The minimum atomic E-state index is 1.06. The molecule has 1 saturated heterocycles. The smallest absolute Gasteiger partial charge is 0.00161 e. The fourth-order valence-corrected chi connectivity index (χ4v) is 2.78. The fourth-order valence-electron chi connectivity index (χ4n) is 1.80. The lowest BCUT2D eigenvalue weighted by Gasteiger charge is -2.30. The molecular weight excluding hydrogens is 153 g/mol. The molecule has 0 bridgehead atoms. The summed E-state index contributed by atoms with van der Waals surface area (Å²) in [4.78, 5) is 2.56. The molecule has 0 N–H and O–H groups in total. The highest BCUT2D eigenvalue weighted by Crippen LogP contribution is 2.22. The minimum absolute atomic E-state index is 1.06. The van der Waals surface area contributed by atoms with E-state index in [1.165, 1.54) is 38.6 Å². The highest BCUT2D eigenvalue weighted by Gasteiger charge is 2.16. The van der Waals surface area contributed by atoms with E-state index in [2.05, 4.69) is 18.5 Å². The maximum atomic E-state index is 2.56. The Morgan fingerprint density at radius 3 is 2.45 bits per heavy atom. The van der Waals surface area contributed by atoms with Gasteiger partial charge in [-0.05, 0) is 51.2 Å². The third kappa shape index (κ3) is 3.09. The molecule has 66 valence electrons. The number of hydrogen-bond acceptors (Lipinski definition) is 1. The van der Waals surface area contributed by atoms with Gasteiger partial charge in [-0.15, -0.1) is 8.58 Å². The molecular formula is C9H20NP. The van der Waals surface area contributed by atoms with Crippen LogP contribution >= 0.6 is 8.58 Å². The van der Waals surface area contributed by atoms with Crippen molar-refractivity contribution in [1.82, 2.24) is 4.90 Å².